The van der Waals surface area contributed by atoms with Crippen molar-refractivity contribution < 1.29 is 9.59 Å². The average molecular weight is 446 g/mol. The Morgan fingerprint density at radius 1 is 1.00 bits per heavy atom. The highest BCUT2D eigenvalue weighted by molar-refractivity contribution is 7.80. The molecule has 2 heterocycles. The zero-order valence-electron chi connectivity index (χ0n) is 19.2. The van der Waals surface area contributed by atoms with Gasteiger partial charge in [-0.3, -0.25) is 19.8 Å². The van der Waals surface area contributed by atoms with Crippen LogP contribution in [0.25, 0.3) is 11.6 Å². The van der Waals surface area contributed by atoms with E-state index in [0.29, 0.717) is 5.69 Å². The lowest BCUT2D eigenvalue weighted by molar-refractivity contribution is -0.122. The highest BCUT2D eigenvalue weighted by Gasteiger charge is 2.35. The molecule has 1 saturated heterocycles. The van der Waals surface area contributed by atoms with E-state index in [-0.39, 0.29) is 16.2 Å². The molecule has 164 valence electrons. The third kappa shape index (κ3) is 3.75. The molecular weight excluding hydrogens is 418 g/mol. The van der Waals surface area contributed by atoms with Crippen molar-refractivity contribution in [2.75, 3.05) is 16.8 Å². The number of allylic oxidation sites excluding steroid dienone is 1. The van der Waals surface area contributed by atoms with Crippen molar-refractivity contribution in [2.24, 2.45) is 0 Å². The first-order chi connectivity index (χ1) is 15.0. The van der Waals surface area contributed by atoms with Crippen molar-refractivity contribution in [1.82, 2.24) is 5.32 Å². The zero-order valence-corrected chi connectivity index (χ0v) is 20.1. The van der Waals surface area contributed by atoms with Gasteiger partial charge in [0.1, 0.15) is 5.57 Å². The Bertz CT molecular complexity index is 1220. The van der Waals surface area contributed by atoms with Crippen LogP contribution in [-0.2, 0) is 9.59 Å². The lowest BCUT2D eigenvalue weighted by atomic mass is 9.88. The van der Waals surface area contributed by atoms with Crippen molar-refractivity contribution in [3.05, 3.63) is 70.3 Å². The molecule has 0 aromatic heterocycles. The van der Waals surface area contributed by atoms with Gasteiger partial charge in [0.15, 0.2) is 5.11 Å². The molecular formula is C26H27N3O2S. The van der Waals surface area contributed by atoms with E-state index in [1.165, 1.54) is 10.5 Å². The molecule has 0 radical (unpaired) electrons. The van der Waals surface area contributed by atoms with Gasteiger partial charge in [-0.2, -0.15) is 0 Å². The van der Waals surface area contributed by atoms with Gasteiger partial charge in [0.05, 0.1) is 11.2 Å². The molecule has 6 heteroatoms. The van der Waals surface area contributed by atoms with E-state index in [9.17, 15) is 9.59 Å². The standard InChI is InChI=1S/C26H27N3O2S/c1-15-9-16(2)11-19(10-15)29-24(31)21(23(30)27-25(29)32)13-18-7-8-22-20(12-18)17(3)14-26(4,5)28(22)6/h7-14H,1-6H3,(H,27,30,32)/b21-13-. The molecule has 1 fully saturated rings. The maximum absolute atomic E-state index is 13.4. The lowest BCUT2D eigenvalue weighted by Crippen LogP contribution is -2.54. The van der Waals surface area contributed by atoms with Gasteiger partial charge >= 0.3 is 0 Å². The number of fused-ring (bicyclic) bond motifs is 1. The van der Waals surface area contributed by atoms with E-state index in [4.69, 9.17) is 12.2 Å². The molecule has 0 saturated carbocycles. The van der Waals surface area contributed by atoms with Crippen LogP contribution in [0.3, 0.4) is 0 Å². The first kappa shape index (κ1) is 22.0. The number of amides is 2. The van der Waals surface area contributed by atoms with E-state index < -0.39 is 11.8 Å². The quantitative estimate of drug-likeness (QED) is 0.411. The summed E-state index contributed by atoms with van der Waals surface area (Å²) in [7, 11) is 2.07. The number of thiocarbonyl (C=S) groups is 1. The molecule has 2 aliphatic rings. The van der Waals surface area contributed by atoms with E-state index in [0.717, 1.165) is 27.9 Å². The molecule has 2 aromatic rings. The first-order valence-electron chi connectivity index (χ1n) is 10.6. The molecule has 0 unspecified atom stereocenters. The minimum atomic E-state index is -0.483. The van der Waals surface area contributed by atoms with E-state index in [2.05, 4.69) is 44.1 Å². The highest BCUT2D eigenvalue weighted by atomic mass is 32.1. The predicted octanol–water partition coefficient (Wildman–Crippen LogP) is 4.77. The number of benzene rings is 2. The summed E-state index contributed by atoms with van der Waals surface area (Å²) < 4.78 is 0. The summed E-state index contributed by atoms with van der Waals surface area (Å²) in [5.74, 6) is -0.907. The summed E-state index contributed by atoms with van der Waals surface area (Å²) in [5.41, 5.74) is 6.82. The third-order valence-electron chi connectivity index (χ3n) is 6.12. The minimum Gasteiger partial charge on any atom is -0.366 e. The average Bonchev–Trinajstić information content (AvgIpc) is 2.68. The second kappa shape index (κ2) is 7.71. The number of likely N-dealkylation sites (N-methyl/N-ethyl adjacent to an activating group) is 1. The van der Waals surface area contributed by atoms with Crippen LogP contribution >= 0.6 is 12.2 Å². The van der Waals surface area contributed by atoms with Crippen LogP contribution in [0, 0.1) is 13.8 Å². The zero-order chi connectivity index (χ0) is 23.4. The summed E-state index contributed by atoms with van der Waals surface area (Å²) in [6.07, 6.45) is 3.87. The Kier molecular flexibility index (Phi) is 5.29. The number of rotatable bonds is 2. The van der Waals surface area contributed by atoms with Crippen molar-refractivity contribution in [3.8, 4) is 0 Å². The maximum atomic E-state index is 13.4. The fourth-order valence-corrected chi connectivity index (χ4v) is 4.69. The molecule has 0 atom stereocenters. The van der Waals surface area contributed by atoms with Crippen LogP contribution in [0.15, 0.2) is 48.0 Å². The summed E-state index contributed by atoms with van der Waals surface area (Å²) in [6, 6.07) is 11.8. The summed E-state index contributed by atoms with van der Waals surface area (Å²) in [5, 5.41) is 2.76. The molecule has 1 N–H and O–H groups in total. The lowest BCUT2D eigenvalue weighted by Gasteiger charge is -2.40. The molecule has 2 amide bonds. The van der Waals surface area contributed by atoms with Gasteiger partial charge in [-0.25, -0.2) is 0 Å². The van der Waals surface area contributed by atoms with Crippen molar-refractivity contribution in [3.63, 3.8) is 0 Å². The number of nitrogens with zero attached hydrogens (tertiary/aromatic N) is 2. The number of nitrogens with one attached hydrogen (secondary N) is 1. The van der Waals surface area contributed by atoms with E-state index >= 15 is 0 Å². The molecule has 0 spiro atoms. The molecule has 5 nitrogen and oxygen atoms in total. The van der Waals surface area contributed by atoms with Gasteiger partial charge < -0.3 is 4.90 Å². The Hall–Kier alpha value is -3.25. The molecule has 0 aliphatic carbocycles. The smallest absolute Gasteiger partial charge is 0.270 e. The largest absolute Gasteiger partial charge is 0.366 e. The van der Waals surface area contributed by atoms with Crippen LogP contribution in [0.2, 0.25) is 0 Å². The molecule has 2 aromatic carbocycles. The Morgan fingerprint density at radius 2 is 1.66 bits per heavy atom. The van der Waals surface area contributed by atoms with Crippen LogP contribution in [0.1, 0.15) is 43.0 Å². The third-order valence-corrected chi connectivity index (χ3v) is 6.40. The molecule has 0 bridgehead atoms. The monoisotopic (exact) mass is 445 g/mol. The van der Waals surface area contributed by atoms with Gasteiger partial charge in [0.2, 0.25) is 0 Å². The van der Waals surface area contributed by atoms with Crippen LogP contribution in [-0.4, -0.2) is 29.5 Å². The topological polar surface area (TPSA) is 52.7 Å². The fraction of sp³-hybridized carbons (Fsp3) is 0.269. The second-order valence-corrected chi connectivity index (χ2v) is 9.51. The molecule has 32 heavy (non-hydrogen) atoms. The Morgan fingerprint density at radius 3 is 2.31 bits per heavy atom. The number of anilines is 2. The van der Waals surface area contributed by atoms with Gasteiger partial charge in [0, 0.05) is 18.3 Å². The normalized spacial score (nSPS) is 19.1. The first-order valence-corrected chi connectivity index (χ1v) is 11.0. The molecule has 4 rings (SSSR count). The number of carbonyl (C=O) groups excluding carboxylic acids is 2. The van der Waals surface area contributed by atoms with Crippen molar-refractivity contribution >= 4 is 52.2 Å². The van der Waals surface area contributed by atoms with Crippen LogP contribution in [0.4, 0.5) is 11.4 Å². The van der Waals surface area contributed by atoms with Gasteiger partial charge in [-0.15, -0.1) is 0 Å². The second-order valence-electron chi connectivity index (χ2n) is 9.12. The SMILES string of the molecule is CC1=CC(C)(C)N(C)c2ccc(/C=C3/C(=O)NC(=S)N(c4cc(C)cc(C)c4)C3=O)cc21. The minimum absolute atomic E-state index is 0.0591. The highest BCUT2D eigenvalue weighted by Crippen LogP contribution is 2.38. The predicted molar refractivity (Wildman–Crippen MR) is 135 cm³/mol. The van der Waals surface area contributed by atoms with E-state index in [1.807, 2.05) is 50.2 Å². The molecule has 2 aliphatic heterocycles. The van der Waals surface area contributed by atoms with Gasteiger partial charge in [-0.1, -0.05) is 18.2 Å². The van der Waals surface area contributed by atoms with Crippen LogP contribution in [0.5, 0.6) is 0 Å². The van der Waals surface area contributed by atoms with Gasteiger partial charge in [0.25, 0.3) is 11.8 Å². The summed E-state index contributed by atoms with van der Waals surface area (Å²) in [6.45, 7) is 10.4. The number of hydrogen-bond donors (Lipinski definition) is 1. The summed E-state index contributed by atoms with van der Waals surface area (Å²) >= 11 is 5.33. The van der Waals surface area contributed by atoms with E-state index in [1.54, 1.807) is 6.08 Å². The number of hydrogen-bond acceptors (Lipinski definition) is 4. The van der Waals surface area contributed by atoms with Crippen molar-refractivity contribution in [1.29, 1.82) is 0 Å². The van der Waals surface area contributed by atoms with Gasteiger partial charge in [-0.05, 0) is 99.4 Å². The Balaban J connectivity index is 1.75. The number of carbonyl (C=O) groups is 2. The fourth-order valence-electron chi connectivity index (χ4n) is 4.40. The van der Waals surface area contributed by atoms with Crippen LogP contribution < -0.4 is 15.1 Å². The summed E-state index contributed by atoms with van der Waals surface area (Å²) in [4.78, 5) is 29.7. The van der Waals surface area contributed by atoms with Crippen molar-refractivity contribution in [2.45, 2.75) is 40.2 Å². The maximum Gasteiger partial charge on any atom is 0.270 e. The number of aryl methyl sites for hydroxylation is 2. The Labute approximate surface area is 194 Å².